The molecule has 1 aliphatic heterocycles. The van der Waals surface area contributed by atoms with E-state index in [-0.39, 0.29) is 18.1 Å². The van der Waals surface area contributed by atoms with Crippen LogP contribution in [-0.4, -0.2) is 48.7 Å². The number of amides is 1. The van der Waals surface area contributed by atoms with Crippen LogP contribution in [0.15, 0.2) is 0 Å². The van der Waals surface area contributed by atoms with Gasteiger partial charge in [0.2, 0.25) is 0 Å². The van der Waals surface area contributed by atoms with E-state index in [0.717, 1.165) is 6.54 Å². The summed E-state index contributed by atoms with van der Waals surface area (Å²) in [7, 11) is 0. The number of nitrogens with zero attached hydrogens (tertiary/aromatic N) is 1. The number of carbonyl (C=O) groups is 1. The summed E-state index contributed by atoms with van der Waals surface area (Å²) in [4.78, 5) is 14.0. The fraction of sp³-hybridized carbons (Fsp3) is 0.909. The van der Waals surface area contributed by atoms with Crippen LogP contribution in [0.2, 0.25) is 0 Å². The first-order chi connectivity index (χ1) is 7.04. The lowest BCUT2D eigenvalue weighted by Crippen LogP contribution is -2.54. The minimum Gasteiger partial charge on any atom is -0.365 e. The third-order valence-corrected chi connectivity index (χ3v) is 2.69. The summed E-state index contributed by atoms with van der Waals surface area (Å²) in [5.41, 5.74) is 0. The summed E-state index contributed by atoms with van der Waals surface area (Å²) in [5, 5.41) is 2.88. The monoisotopic (exact) mass is 214 g/mol. The van der Waals surface area contributed by atoms with Crippen LogP contribution < -0.4 is 5.32 Å². The van der Waals surface area contributed by atoms with Crippen LogP contribution in [0.1, 0.15) is 27.7 Å². The third kappa shape index (κ3) is 3.47. The van der Waals surface area contributed by atoms with Gasteiger partial charge in [0.05, 0.1) is 6.61 Å². The number of carbonyl (C=O) groups excluding carboxylic acids is 1. The van der Waals surface area contributed by atoms with E-state index in [1.807, 2.05) is 13.8 Å². The maximum Gasteiger partial charge on any atom is 0.250 e. The van der Waals surface area contributed by atoms with Gasteiger partial charge in [-0.3, -0.25) is 9.69 Å². The zero-order chi connectivity index (χ0) is 11.4. The van der Waals surface area contributed by atoms with Gasteiger partial charge in [-0.2, -0.15) is 0 Å². The van der Waals surface area contributed by atoms with Gasteiger partial charge in [-0.1, -0.05) is 6.92 Å². The summed E-state index contributed by atoms with van der Waals surface area (Å²) in [6, 6.07) is 0.591. The minimum absolute atomic E-state index is 0.00958. The Morgan fingerprint density at radius 1 is 1.60 bits per heavy atom. The molecule has 88 valence electrons. The van der Waals surface area contributed by atoms with E-state index in [9.17, 15) is 4.79 Å². The van der Waals surface area contributed by atoms with Crippen molar-refractivity contribution in [3.8, 4) is 0 Å². The van der Waals surface area contributed by atoms with E-state index in [4.69, 9.17) is 4.74 Å². The molecule has 2 atom stereocenters. The molecular weight excluding hydrogens is 192 g/mol. The van der Waals surface area contributed by atoms with Crippen molar-refractivity contribution in [1.82, 2.24) is 10.2 Å². The number of hydrogen-bond donors (Lipinski definition) is 1. The Morgan fingerprint density at radius 2 is 2.27 bits per heavy atom. The van der Waals surface area contributed by atoms with E-state index in [1.54, 1.807) is 0 Å². The van der Waals surface area contributed by atoms with E-state index < -0.39 is 0 Å². The highest BCUT2D eigenvalue weighted by atomic mass is 16.5. The van der Waals surface area contributed by atoms with Crippen LogP contribution in [-0.2, 0) is 9.53 Å². The van der Waals surface area contributed by atoms with Crippen molar-refractivity contribution in [2.24, 2.45) is 0 Å². The highest BCUT2D eigenvalue weighted by molar-refractivity contribution is 5.81. The summed E-state index contributed by atoms with van der Waals surface area (Å²) < 4.78 is 5.53. The van der Waals surface area contributed by atoms with Gasteiger partial charge in [0.15, 0.2) is 0 Å². The van der Waals surface area contributed by atoms with Gasteiger partial charge < -0.3 is 10.1 Å². The molecule has 1 heterocycles. The fourth-order valence-corrected chi connectivity index (χ4v) is 1.78. The molecular formula is C11H22N2O2. The number of nitrogens with one attached hydrogen (secondary N) is 1. The van der Waals surface area contributed by atoms with Crippen LogP contribution in [0, 0.1) is 0 Å². The van der Waals surface area contributed by atoms with Crippen molar-refractivity contribution in [2.75, 3.05) is 19.7 Å². The van der Waals surface area contributed by atoms with Crippen molar-refractivity contribution in [2.45, 2.75) is 45.9 Å². The van der Waals surface area contributed by atoms with Crippen molar-refractivity contribution >= 4 is 5.91 Å². The lowest BCUT2D eigenvalue weighted by atomic mass is 10.2. The first-order valence-corrected chi connectivity index (χ1v) is 5.70. The van der Waals surface area contributed by atoms with Gasteiger partial charge in [-0.05, 0) is 27.3 Å². The summed E-state index contributed by atoms with van der Waals surface area (Å²) in [5.74, 6) is 0.00958. The van der Waals surface area contributed by atoms with Crippen LogP contribution in [0.3, 0.4) is 0 Å². The van der Waals surface area contributed by atoms with Gasteiger partial charge >= 0.3 is 0 Å². The standard InChI is InChI=1S/C11H22N2O2/c1-5-13-6-10(15-7-9(13)4)11(14)12-8(2)3/h8-10H,5-7H2,1-4H3,(H,12,14)/t9-,10+/m0/s1. The van der Waals surface area contributed by atoms with Gasteiger partial charge in [0.1, 0.15) is 6.10 Å². The molecule has 0 radical (unpaired) electrons. The maximum absolute atomic E-state index is 11.7. The Balaban J connectivity index is 2.47. The number of hydrogen-bond acceptors (Lipinski definition) is 3. The van der Waals surface area contributed by atoms with E-state index in [1.165, 1.54) is 0 Å². The number of morpholine rings is 1. The number of rotatable bonds is 3. The first-order valence-electron chi connectivity index (χ1n) is 5.70. The topological polar surface area (TPSA) is 41.6 Å². The predicted molar refractivity (Wildman–Crippen MR) is 59.7 cm³/mol. The van der Waals surface area contributed by atoms with Crippen molar-refractivity contribution in [1.29, 1.82) is 0 Å². The third-order valence-electron chi connectivity index (χ3n) is 2.69. The molecule has 1 fully saturated rings. The molecule has 1 N–H and O–H groups in total. The molecule has 4 heteroatoms. The molecule has 1 amide bonds. The highest BCUT2D eigenvalue weighted by Crippen LogP contribution is 2.11. The quantitative estimate of drug-likeness (QED) is 0.749. The maximum atomic E-state index is 11.7. The second-order valence-corrected chi connectivity index (χ2v) is 4.42. The Bertz CT molecular complexity index is 219. The van der Waals surface area contributed by atoms with E-state index in [0.29, 0.717) is 19.2 Å². The predicted octanol–water partition coefficient (Wildman–Crippen LogP) is 0.620. The lowest BCUT2D eigenvalue weighted by molar-refractivity contribution is -0.142. The SMILES string of the molecule is CCN1C[C@H](C(=O)NC(C)C)OC[C@@H]1C. The number of likely N-dealkylation sites (N-methyl/N-ethyl adjacent to an activating group) is 1. The molecule has 0 aromatic rings. The molecule has 0 saturated carbocycles. The smallest absolute Gasteiger partial charge is 0.250 e. The molecule has 1 aliphatic rings. The second kappa shape index (κ2) is 5.47. The summed E-state index contributed by atoms with van der Waals surface area (Å²) in [6.45, 7) is 10.5. The molecule has 0 bridgehead atoms. The normalized spacial score (nSPS) is 28.1. The second-order valence-electron chi connectivity index (χ2n) is 4.42. The van der Waals surface area contributed by atoms with E-state index in [2.05, 4.69) is 24.1 Å². The molecule has 0 aromatic carbocycles. The molecule has 0 aliphatic carbocycles. The fourth-order valence-electron chi connectivity index (χ4n) is 1.78. The van der Waals surface area contributed by atoms with Crippen molar-refractivity contribution in [3.05, 3.63) is 0 Å². The molecule has 1 rings (SSSR count). The van der Waals surface area contributed by atoms with Crippen LogP contribution in [0.25, 0.3) is 0 Å². The minimum atomic E-state index is -0.302. The van der Waals surface area contributed by atoms with Crippen LogP contribution in [0.4, 0.5) is 0 Å². The van der Waals surface area contributed by atoms with Crippen molar-refractivity contribution < 1.29 is 9.53 Å². The largest absolute Gasteiger partial charge is 0.365 e. The summed E-state index contributed by atoms with van der Waals surface area (Å²) >= 11 is 0. The van der Waals surface area contributed by atoms with Gasteiger partial charge in [-0.15, -0.1) is 0 Å². The molecule has 0 aromatic heterocycles. The number of ether oxygens (including phenoxy) is 1. The van der Waals surface area contributed by atoms with Crippen LogP contribution in [0.5, 0.6) is 0 Å². The van der Waals surface area contributed by atoms with Crippen molar-refractivity contribution in [3.63, 3.8) is 0 Å². The molecule has 4 nitrogen and oxygen atoms in total. The average molecular weight is 214 g/mol. The molecule has 0 unspecified atom stereocenters. The van der Waals surface area contributed by atoms with E-state index >= 15 is 0 Å². The van der Waals surface area contributed by atoms with Crippen LogP contribution >= 0.6 is 0 Å². The molecule has 0 spiro atoms. The Hall–Kier alpha value is -0.610. The zero-order valence-electron chi connectivity index (χ0n) is 10.1. The zero-order valence-corrected chi connectivity index (χ0v) is 10.1. The first kappa shape index (κ1) is 12.5. The Kier molecular flexibility index (Phi) is 4.54. The Morgan fingerprint density at radius 3 is 2.80 bits per heavy atom. The van der Waals surface area contributed by atoms with Gasteiger partial charge in [0.25, 0.3) is 5.91 Å². The Labute approximate surface area is 92.0 Å². The summed E-state index contributed by atoms with van der Waals surface area (Å²) in [6.07, 6.45) is -0.302. The molecule has 15 heavy (non-hydrogen) atoms. The highest BCUT2D eigenvalue weighted by Gasteiger charge is 2.29. The molecule has 1 saturated heterocycles. The van der Waals surface area contributed by atoms with Gasteiger partial charge in [0, 0.05) is 18.6 Å². The lowest BCUT2D eigenvalue weighted by Gasteiger charge is -2.36. The van der Waals surface area contributed by atoms with Gasteiger partial charge in [-0.25, -0.2) is 0 Å². The average Bonchev–Trinajstić information content (AvgIpc) is 2.17.